The Bertz CT molecular complexity index is 1190. The van der Waals surface area contributed by atoms with Gasteiger partial charge in [0.25, 0.3) is 0 Å². The first-order valence-electron chi connectivity index (χ1n) is 10.9. The molecule has 1 fully saturated rings. The maximum atomic E-state index is 12.5. The smallest absolute Gasteiger partial charge is 0.311 e. The number of ether oxygens (including phenoxy) is 3. The van der Waals surface area contributed by atoms with Gasteiger partial charge in [-0.15, -0.1) is 0 Å². The molecule has 0 aliphatic carbocycles. The van der Waals surface area contributed by atoms with Crippen molar-refractivity contribution in [1.29, 1.82) is 0 Å². The Morgan fingerprint density at radius 1 is 0.941 bits per heavy atom. The summed E-state index contributed by atoms with van der Waals surface area (Å²) in [4.78, 5) is 38.8. The zero-order valence-electron chi connectivity index (χ0n) is 19.0. The fourth-order valence-corrected chi connectivity index (χ4v) is 3.72. The van der Waals surface area contributed by atoms with Crippen molar-refractivity contribution in [3.63, 3.8) is 0 Å². The number of amides is 1. The Balaban J connectivity index is 1.34. The highest BCUT2D eigenvalue weighted by Gasteiger charge is 2.36. The van der Waals surface area contributed by atoms with Crippen molar-refractivity contribution in [3.05, 3.63) is 83.9 Å². The molecule has 7 nitrogen and oxygen atoms in total. The third-order valence-corrected chi connectivity index (χ3v) is 5.62. The molecule has 1 atom stereocenters. The van der Waals surface area contributed by atoms with Crippen LogP contribution in [-0.2, 0) is 14.3 Å². The topological polar surface area (TPSA) is 82.1 Å². The van der Waals surface area contributed by atoms with Gasteiger partial charge in [-0.1, -0.05) is 42.0 Å². The number of hydrogen-bond donors (Lipinski definition) is 0. The molecule has 3 aromatic rings. The van der Waals surface area contributed by atoms with E-state index in [9.17, 15) is 14.4 Å². The summed E-state index contributed by atoms with van der Waals surface area (Å²) in [6, 6.07) is 21.4. The van der Waals surface area contributed by atoms with Crippen LogP contribution in [0.3, 0.4) is 0 Å². The molecule has 0 unspecified atom stereocenters. The first kappa shape index (κ1) is 23.0. The molecule has 0 aromatic heterocycles. The van der Waals surface area contributed by atoms with Gasteiger partial charge in [0, 0.05) is 24.2 Å². The van der Waals surface area contributed by atoms with Gasteiger partial charge < -0.3 is 19.1 Å². The number of methoxy groups -OCH3 is 1. The van der Waals surface area contributed by atoms with Gasteiger partial charge in [-0.25, -0.2) is 0 Å². The van der Waals surface area contributed by atoms with E-state index < -0.39 is 11.9 Å². The van der Waals surface area contributed by atoms with E-state index in [1.807, 2.05) is 31.2 Å². The minimum absolute atomic E-state index is 0.0387. The Kier molecular flexibility index (Phi) is 6.92. The van der Waals surface area contributed by atoms with E-state index in [1.54, 1.807) is 60.5 Å². The van der Waals surface area contributed by atoms with Crippen molar-refractivity contribution in [1.82, 2.24) is 0 Å². The molecule has 1 aliphatic heterocycles. The fourth-order valence-electron chi connectivity index (χ4n) is 3.72. The van der Waals surface area contributed by atoms with Gasteiger partial charge >= 0.3 is 5.97 Å². The Morgan fingerprint density at radius 3 is 2.29 bits per heavy atom. The van der Waals surface area contributed by atoms with Crippen LogP contribution in [0, 0.1) is 12.8 Å². The van der Waals surface area contributed by atoms with Crippen molar-refractivity contribution in [2.24, 2.45) is 5.92 Å². The number of ketones is 1. The number of carbonyl (C=O) groups is 3. The minimum Gasteiger partial charge on any atom is -0.493 e. The van der Waals surface area contributed by atoms with Crippen molar-refractivity contribution in [2.45, 2.75) is 13.3 Å². The van der Waals surface area contributed by atoms with Crippen LogP contribution in [0.5, 0.6) is 17.2 Å². The van der Waals surface area contributed by atoms with Gasteiger partial charge in [-0.05, 0) is 43.3 Å². The number of anilines is 1. The summed E-state index contributed by atoms with van der Waals surface area (Å²) in [6.45, 7) is 1.78. The molecular formula is C27H25NO6. The standard InChI is InChI=1S/C27H25NO6/c1-18-7-9-19(10-8-18)23(29)17-33-27(31)20-15-26(30)28(16-20)21-11-13-22(14-12-21)34-25-6-4-3-5-24(25)32-2/h3-14,20H,15-17H2,1-2H3/t20-/m1/s1. The van der Waals surface area contributed by atoms with Crippen LogP contribution in [0.25, 0.3) is 0 Å². The number of carbonyl (C=O) groups excluding carboxylic acids is 3. The number of esters is 1. The molecule has 0 saturated carbocycles. The number of nitrogens with zero attached hydrogens (tertiary/aromatic N) is 1. The molecule has 1 aliphatic rings. The predicted molar refractivity (Wildman–Crippen MR) is 126 cm³/mol. The van der Waals surface area contributed by atoms with E-state index in [4.69, 9.17) is 14.2 Å². The van der Waals surface area contributed by atoms with Gasteiger partial charge in [0.1, 0.15) is 5.75 Å². The average molecular weight is 459 g/mol. The molecule has 4 rings (SSSR count). The first-order chi connectivity index (χ1) is 16.4. The van der Waals surface area contributed by atoms with Crippen LogP contribution in [0.1, 0.15) is 22.3 Å². The molecule has 1 heterocycles. The quantitative estimate of drug-likeness (QED) is 0.362. The summed E-state index contributed by atoms with van der Waals surface area (Å²) >= 11 is 0. The highest BCUT2D eigenvalue weighted by Crippen LogP contribution is 2.33. The average Bonchev–Trinajstić information content (AvgIpc) is 3.25. The van der Waals surface area contributed by atoms with Gasteiger partial charge in [-0.2, -0.15) is 0 Å². The second-order valence-electron chi connectivity index (χ2n) is 8.05. The maximum absolute atomic E-state index is 12.5. The minimum atomic E-state index is -0.622. The second-order valence-corrected chi connectivity index (χ2v) is 8.05. The third kappa shape index (κ3) is 5.26. The fraction of sp³-hybridized carbons (Fsp3) is 0.222. The Labute approximate surface area is 197 Å². The summed E-state index contributed by atoms with van der Waals surface area (Å²) in [5.74, 6) is 0.160. The van der Waals surface area contributed by atoms with Crippen molar-refractivity contribution in [3.8, 4) is 17.2 Å². The van der Waals surface area contributed by atoms with Crippen LogP contribution < -0.4 is 14.4 Å². The summed E-state index contributed by atoms with van der Waals surface area (Å²) < 4.78 is 16.4. The Hall–Kier alpha value is -4.13. The molecule has 3 aromatic carbocycles. The number of aryl methyl sites for hydroxylation is 1. The molecule has 174 valence electrons. The van der Waals surface area contributed by atoms with Crippen molar-refractivity contribution in [2.75, 3.05) is 25.2 Å². The van der Waals surface area contributed by atoms with Gasteiger partial charge in [0.2, 0.25) is 5.91 Å². The molecule has 34 heavy (non-hydrogen) atoms. The molecule has 1 amide bonds. The third-order valence-electron chi connectivity index (χ3n) is 5.62. The van der Waals surface area contributed by atoms with E-state index in [1.165, 1.54) is 0 Å². The second kappa shape index (κ2) is 10.2. The zero-order chi connectivity index (χ0) is 24.1. The predicted octanol–water partition coefficient (Wildman–Crippen LogP) is 4.57. The number of para-hydroxylation sites is 2. The highest BCUT2D eigenvalue weighted by molar-refractivity contribution is 6.01. The van der Waals surface area contributed by atoms with Crippen LogP contribution in [0.2, 0.25) is 0 Å². The summed E-state index contributed by atoms with van der Waals surface area (Å²) in [7, 11) is 1.57. The molecule has 0 bridgehead atoms. The summed E-state index contributed by atoms with van der Waals surface area (Å²) in [5.41, 5.74) is 2.18. The lowest BCUT2D eigenvalue weighted by Gasteiger charge is -2.17. The van der Waals surface area contributed by atoms with Gasteiger partial charge in [-0.3, -0.25) is 14.4 Å². The summed E-state index contributed by atoms with van der Waals surface area (Å²) in [5, 5.41) is 0. The lowest BCUT2D eigenvalue weighted by Crippen LogP contribution is -2.27. The molecule has 0 N–H and O–H groups in total. The molecule has 0 radical (unpaired) electrons. The normalized spacial score (nSPS) is 15.2. The van der Waals surface area contributed by atoms with E-state index in [-0.39, 0.29) is 31.3 Å². The first-order valence-corrected chi connectivity index (χ1v) is 10.9. The Morgan fingerprint density at radius 2 is 1.62 bits per heavy atom. The number of benzene rings is 3. The van der Waals surface area contributed by atoms with Crippen LogP contribution in [0.4, 0.5) is 5.69 Å². The molecule has 1 saturated heterocycles. The zero-order valence-corrected chi connectivity index (χ0v) is 19.0. The van der Waals surface area contributed by atoms with E-state index in [0.29, 0.717) is 28.5 Å². The number of Topliss-reactive ketones (excluding diaryl/α,β-unsaturated/α-hetero) is 1. The number of hydrogen-bond acceptors (Lipinski definition) is 6. The lowest BCUT2D eigenvalue weighted by atomic mass is 10.1. The molecule has 0 spiro atoms. The number of rotatable bonds is 8. The summed E-state index contributed by atoms with van der Waals surface area (Å²) in [6.07, 6.45) is 0.0387. The van der Waals surface area contributed by atoms with Crippen LogP contribution in [0.15, 0.2) is 72.8 Å². The van der Waals surface area contributed by atoms with Gasteiger partial charge in [0.05, 0.1) is 13.0 Å². The van der Waals surface area contributed by atoms with Crippen molar-refractivity contribution < 1.29 is 28.6 Å². The van der Waals surface area contributed by atoms with Crippen molar-refractivity contribution >= 4 is 23.3 Å². The monoisotopic (exact) mass is 459 g/mol. The van der Waals surface area contributed by atoms with E-state index in [0.717, 1.165) is 5.56 Å². The SMILES string of the molecule is COc1ccccc1Oc1ccc(N2C[C@H](C(=O)OCC(=O)c3ccc(C)cc3)CC2=O)cc1. The molecular weight excluding hydrogens is 434 g/mol. The van der Waals surface area contributed by atoms with Gasteiger partial charge in [0.15, 0.2) is 23.9 Å². The van der Waals surface area contributed by atoms with E-state index in [2.05, 4.69) is 0 Å². The molecule has 7 heteroatoms. The van der Waals surface area contributed by atoms with Crippen LogP contribution in [-0.4, -0.2) is 37.9 Å². The van der Waals surface area contributed by atoms with Crippen LogP contribution >= 0.6 is 0 Å². The lowest BCUT2D eigenvalue weighted by molar-refractivity contribution is -0.147. The van der Waals surface area contributed by atoms with E-state index >= 15 is 0 Å². The largest absolute Gasteiger partial charge is 0.493 e. The highest BCUT2D eigenvalue weighted by atomic mass is 16.5. The maximum Gasteiger partial charge on any atom is 0.311 e.